The van der Waals surface area contributed by atoms with Crippen molar-refractivity contribution >= 4 is 5.91 Å². The van der Waals surface area contributed by atoms with Crippen molar-refractivity contribution in [2.24, 2.45) is 0 Å². The van der Waals surface area contributed by atoms with Gasteiger partial charge in [0.1, 0.15) is 5.75 Å². The molecule has 2 fully saturated rings. The SMILES string of the molecule is COc1ccccc1CC(=O)N1CCC(N2CCCC2)C1. The molecule has 2 heterocycles. The minimum absolute atomic E-state index is 0.223. The van der Waals surface area contributed by atoms with E-state index in [1.165, 1.54) is 25.9 Å². The summed E-state index contributed by atoms with van der Waals surface area (Å²) in [4.78, 5) is 17.1. The van der Waals surface area contributed by atoms with E-state index in [9.17, 15) is 4.79 Å². The van der Waals surface area contributed by atoms with Crippen LogP contribution in [0.4, 0.5) is 0 Å². The maximum atomic E-state index is 12.5. The highest BCUT2D eigenvalue weighted by Crippen LogP contribution is 2.23. The monoisotopic (exact) mass is 288 g/mol. The van der Waals surface area contributed by atoms with Crippen molar-refractivity contribution < 1.29 is 9.53 Å². The zero-order chi connectivity index (χ0) is 14.7. The summed E-state index contributed by atoms with van der Waals surface area (Å²) >= 11 is 0. The molecule has 2 saturated heterocycles. The van der Waals surface area contributed by atoms with E-state index in [0.29, 0.717) is 12.5 Å². The summed E-state index contributed by atoms with van der Waals surface area (Å²) < 4.78 is 5.33. The maximum absolute atomic E-state index is 12.5. The fourth-order valence-electron chi connectivity index (χ4n) is 3.50. The van der Waals surface area contributed by atoms with E-state index in [2.05, 4.69) is 4.90 Å². The van der Waals surface area contributed by atoms with Gasteiger partial charge in [-0.25, -0.2) is 0 Å². The Balaban J connectivity index is 1.58. The van der Waals surface area contributed by atoms with Gasteiger partial charge in [-0.05, 0) is 38.4 Å². The number of carbonyl (C=O) groups is 1. The molecule has 114 valence electrons. The Morgan fingerprint density at radius 3 is 2.76 bits per heavy atom. The van der Waals surface area contributed by atoms with Crippen LogP contribution >= 0.6 is 0 Å². The van der Waals surface area contributed by atoms with Gasteiger partial charge in [-0.3, -0.25) is 9.69 Å². The molecule has 0 radical (unpaired) electrons. The Morgan fingerprint density at radius 2 is 2.00 bits per heavy atom. The van der Waals surface area contributed by atoms with E-state index in [4.69, 9.17) is 4.74 Å². The second-order valence-electron chi connectivity index (χ2n) is 6.01. The van der Waals surface area contributed by atoms with Gasteiger partial charge in [-0.2, -0.15) is 0 Å². The first-order valence-electron chi connectivity index (χ1n) is 7.91. The fraction of sp³-hybridized carbons (Fsp3) is 0.588. The van der Waals surface area contributed by atoms with Crippen LogP contribution < -0.4 is 4.74 Å². The third-order valence-corrected chi connectivity index (χ3v) is 4.71. The maximum Gasteiger partial charge on any atom is 0.227 e. The lowest BCUT2D eigenvalue weighted by Gasteiger charge is -2.23. The van der Waals surface area contributed by atoms with Crippen LogP contribution in [0.1, 0.15) is 24.8 Å². The number of para-hydroxylation sites is 1. The van der Waals surface area contributed by atoms with E-state index < -0.39 is 0 Å². The Bertz CT molecular complexity index is 497. The molecular weight excluding hydrogens is 264 g/mol. The number of hydrogen-bond acceptors (Lipinski definition) is 3. The summed E-state index contributed by atoms with van der Waals surface area (Å²) in [6, 6.07) is 8.37. The lowest BCUT2D eigenvalue weighted by molar-refractivity contribution is -0.129. The Hall–Kier alpha value is -1.55. The number of methoxy groups -OCH3 is 1. The zero-order valence-corrected chi connectivity index (χ0v) is 12.8. The largest absolute Gasteiger partial charge is 0.496 e. The first kappa shape index (κ1) is 14.4. The second-order valence-corrected chi connectivity index (χ2v) is 6.01. The van der Waals surface area contributed by atoms with Gasteiger partial charge >= 0.3 is 0 Å². The summed E-state index contributed by atoms with van der Waals surface area (Å²) in [6.45, 7) is 4.21. The van der Waals surface area contributed by atoms with Crippen LogP contribution in [0.2, 0.25) is 0 Å². The van der Waals surface area contributed by atoms with Gasteiger partial charge in [0.2, 0.25) is 5.91 Å². The van der Waals surface area contributed by atoms with E-state index in [-0.39, 0.29) is 5.91 Å². The van der Waals surface area contributed by atoms with E-state index >= 15 is 0 Å². The van der Waals surface area contributed by atoms with Crippen LogP contribution in [-0.4, -0.2) is 55.0 Å². The van der Waals surface area contributed by atoms with E-state index in [1.54, 1.807) is 7.11 Å². The highest BCUT2D eigenvalue weighted by Gasteiger charge is 2.31. The molecule has 3 rings (SSSR count). The molecule has 0 aromatic heterocycles. The van der Waals surface area contributed by atoms with Gasteiger partial charge in [-0.1, -0.05) is 18.2 Å². The molecule has 0 N–H and O–H groups in total. The van der Waals surface area contributed by atoms with Crippen molar-refractivity contribution in [2.45, 2.75) is 31.7 Å². The van der Waals surface area contributed by atoms with Crippen LogP contribution in [0.15, 0.2) is 24.3 Å². The third kappa shape index (κ3) is 3.21. The average Bonchev–Trinajstić information content (AvgIpc) is 3.18. The Morgan fingerprint density at radius 1 is 1.24 bits per heavy atom. The standard InChI is InChI=1S/C17H24N2O2/c1-21-16-7-3-2-6-14(16)12-17(20)19-11-8-15(13-19)18-9-4-5-10-18/h2-3,6-7,15H,4-5,8-13H2,1H3. The second kappa shape index (κ2) is 6.48. The number of rotatable bonds is 4. The first-order chi connectivity index (χ1) is 10.3. The molecule has 0 bridgehead atoms. The minimum Gasteiger partial charge on any atom is -0.496 e. The number of amides is 1. The Kier molecular flexibility index (Phi) is 4.44. The van der Waals surface area contributed by atoms with Crippen molar-refractivity contribution in [3.63, 3.8) is 0 Å². The van der Waals surface area contributed by atoms with Crippen LogP contribution in [0.3, 0.4) is 0 Å². The van der Waals surface area contributed by atoms with Crippen LogP contribution in [0.25, 0.3) is 0 Å². The number of benzene rings is 1. The highest BCUT2D eigenvalue weighted by molar-refractivity contribution is 5.79. The van der Waals surface area contributed by atoms with Gasteiger partial charge in [0, 0.05) is 24.7 Å². The molecule has 1 amide bonds. The predicted molar refractivity (Wildman–Crippen MR) is 82.5 cm³/mol. The average molecular weight is 288 g/mol. The fourth-order valence-corrected chi connectivity index (χ4v) is 3.50. The van der Waals surface area contributed by atoms with Crippen molar-refractivity contribution in [1.29, 1.82) is 0 Å². The molecule has 4 nitrogen and oxygen atoms in total. The van der Waals surface area contributed by atoms with Gasteiger partial charge in [0.25, 0.3) is 0 Å². The smallest absolute Gasteiger partial charge is 0.227 e. The van der Waals surface area contributed by atoms with Crippen LogP contribution in [0.5, 0.6) is 5.75 Å². The molecule has 0 saturated carbocycles. The molecule has 0 aliphatic carbocycles. The first-order valence-corrected chi connectivity index (χ1v) is 7.91. The Labute approximate surface area is 126 Å². The lowest BCUT2D eigenvalue weighted by atomic mass is 10.1. The number of likely N-dealkylation sites (tertiary alicyclic amines) is 2. The highest BCUT2D eigenvalue weighted by atomic mass is 16.5. The summed E-state index contributed by atoms with van der Waals surface area (Å²) in [5.74, 6) is 1.03. The topological polar surface area (TPSA) is 32.8 Å². The zero-order valence-electron chi connectivity index (χ0n) is 12.8. The summed E-state index contributed by atoms with van der Waals surface area (Å²) in [5, 5.41) is 0. The van der Waals surface area contributed by atoms with Crippen LogP contribution in [0, 0.1) is 0 Å². The lowest BCUT2D eigenvalue weighted by Crippen LogP contribution is -2.37. The third-order valence-electron chi connectivity index (χ3n) is 4.71. The molecule has 1 aromatic rings. The molecule has 4 heteroatoms. The molecule has 21 heavy (non-hydrogen) atoms. The van der Waals surface area contributed by atoms with Crippen LogP contribution in [-0.2, 0) is 11.2 Å². The minimum atomic E-state index is 0.223. The normalized spacial score (nSPS) is 22.7. The molecule has 1 aromatic carbocycles. The summed E-state index contributed by atoms with van der Waals surface area (Å²) in [6.07, 6.45) is 4.19. The summed E-state index contributed by atoms with van der Waals surface area (Å²) in [7, 11) is 1.66. The van der Waals surface area contributed by atoms with Crippen molar-refractivity contribution in [1.82, 2.24) is 9.80 Å². The quantitative estimate of drug-likeness (QED) is 0.849. The van der Waals surface area contributed by atoms with Gasteiger partial charge < -0.3 is 9.64 Å². The van der Waals surface area contributed by atoms with Crippen molar-refractivity contribution in [3.8, 4) is 5.75 Å². The molecular formula is C17H24N2O2. The molecule has 1 unspecified atom stereocenters. The van der Waals surface area contributed by atoms with Gasteiger partial charge in [-0.15, -0.1) is 0 Å². The molecule has 2 aliphatic rings. The molecule has 0 spiro atoms. The summed E-state index contributed by atoms with van der Waals surface area (Å²) in [5.41, 5.74) is 0.981. The number of carbonyl (C=O) groups excluding carboxylic acids is 1. The van der Waals surface area contributed by atoms with E-state index in [1.807, 2.05) is 29.2 Å². The number of ether oxygens (including phenoxy) is 1. The van der Waals surface area contributed by atoms with Gasteiger partial charge in [0.05, 0.1) is 13.5 Å². The van der Waals surface area contributed by atoms with Gasteiger partial charge in [0.15, 0.2) is 0 Å². The van der Waals surface area contributed by atoms with E-state index in [0.717, 1.165) is 30.8 Å². The predicted octanol–water partition coefficient (Wildman–Crippen LogP) is 1.93. The van der Waals surface area contributed by atoms with Crippen molar-refractivity contribution in [3.05, 3.63) is 29.8 Å². The number of hydrogen-bond donors (Lipinski definition) is 0. The molecule has 2 aliphatic heterocycles. The molecule has 1 atom stereocenters. The number of nitrogens with zero attached hydrogens (tertiary/aromatic N) is 2. The van der Waals surface area contributed by atoms with Crippen molar-refractivity contribution in [2.75, 3.05) is 33.3 Å².